The van der Waals surface area contributed by atoms with E-state index in [2.05, 4.69) is 5.32 Å². The van der Waals surface area contributed by atoms with E-state index in [-0.39, 0.29) is 5.91 Å². The maximum Gasteiger partial charge on any atom is 0.221 e. The minimum Gasteiger partial charge on any atom is -0.324 e. The third-order valence-electron chi connectivity index (χ3n) is 2.35. The van der Waals surface area contributed by atoms with Gasteiger partial charge in [-0.25, -0.2) is 0 Å². The van der Waals surface area contributed by atoms with Gasteiger partial charge in [-0.15, -0.1) is 0 Å². The predicted octanol–water partition coefficient (Wildman–Crippen LogP) is 3.44. The lowest BCUT2D eigenvalue weighted by Crippen LogP contribution is -2.06. The van der Waals surface area contributed by atoms with E-state index in [4.69, 9.17) is 12.2 Å². The summed E-state index contributed by atoms with van der Waals surface area (Å²) in [6, 6.07) is 9.90. The summed E-state index contributed by atoms with van der Waals surface area (Å²) in [6.07, 6.45) is 0. The Kier molecular flexibility index (Phi) is 3.40. The molecule has 0 saturated heterocycles. The van der Waals surface area contributed by atoms with Crippen LogP contribution < -0.4 is 5.32 Å². The van der Waals surface area contributed by atoms with Crippen LogP contribution in [0, 0.1) is 3.95 Å². The first-order valence-corrected chi connectivity index (χ1v) is 6.35. The van der Waals surface area contributed by atoms with Gasteiger partial charge in [0.1, 0.15) is 5.00 Å². The van der Waals surface area contributed by atoms with Crippen molar-refractivity contribution in [1.29, 1.82) is 0 Å². The van der Waals surface area contributed by atoms with Gasteiger partial charge < -0.3 is 9.88 Å². The first-order valence-electron chi connectivity index (χ1n) is 5.12. The van der Waals surface area contributed by atoms with E-state index in [0.717, 1.165) is 20.2 Å². The van der Waals surface area contributed by atoms with E-state index >= 15 is 0 Å². The molecule has 3 nitrogen and oxygen atoms in total. The van der Waals surface area contributed by atoms with Crippen LogP contribution in [0.5, 0.6) is 0 Å². The van der Waals surface area contributed by atoms with Crippen LogP contribution >= 0.6 is 23.6 Å². The summed E-state index contributed by atoms with van der Waals surface area (Å²) in [7, 11) is 1.91. The molecule has 1 heterocycles. The third-order valence-corrected chi connectivity index (χ3v) is 3.82. The highest BCUT2D eigenvalue weighted by Crippen LogP contribution is 2.33. The maximum atomic E-state index is 11.2. The van der Waals surface area contributed by atoms with Crippen molar-refractivity contribution in [3.63, 3.8) is 0 Å². The van der Waals surface area contributed by atoms with Gasteiger partial charge in [-0.1, -0.05) is 41.7 Å². The molecule has 0 atom stereocenters. The average molecular weight is 264 g/mol. The summed E-state index contributed by atoms with van der Waals surface area (Å²) in [4.78, 5) is 11.2. The summed E-state index contributed by atoms with van der Waals surface area (Å²) < 4.78 is 2.66. The normalized spacial score (nSPS) is 10.2. The lowest BCUT2D eigenvalue weighted by molar-refractivity contribution is -0.114. The number of nitrogens with one attached hydrogen (secondary N) is 1. The largest absolute Gasteiger partial charge is 0.324 e. The fourth-order valence-corrected chi connectivity index (χ4v) is 2.90. The van der Waals surface area contributed by atoms with Crippen LogP contribution in [-0.2, 0) is 11.8 Å². The van der Waals surface area contributed by atoms with Crippen LogP contribution in [0.15, 0.2) is 30.3 Å². The zero-order valence-electron chi connectivity index (χ0n) is 9.56. The maximum absolute atomic E-state index is 11.2. The Morgan fingerprint density at radius 2 is 2.00 bits per heavy atom. The Balaban J connectivity index is 2.59. The molecule has 0 aliphatic heterocycles. The van der Waals surface area contributed by atoms with Gasteiger partial charge in [-0.3, -0.25) is 4.79 Å². The van der Waals surface area contributed by atoms with E-state index in [1.807, 2.05) is 41.9 Å². The molecule has 5 heteroatoms. The highest BCUT2D eigenvalue weighted by atomic mass is 32.1. The molecule has 2 aromatic rings. The predicted molar refractivity (Wildman–Crippen MR) is 73.9 cm³/mol. The molecule has 0 bridgehead atoms. The molecule has 1 N–H and O–H groups in total. The second-order valence-corrected chi connectivity index (χ2v) is 5.30. The van der Waals surface area contributed by atoms with Crippen molar-refractivity contribution in [3.8, 4) is 11.3 Å². The van der Waals surface area contributed by atoms with E-state index in [9.17, 15) is 4.79 Å². The minimum absolute atomic E-state index is 0.0842. The van der Waals surface area contributed by atoms with Gasteiger partial charge in [0.15, 0.2) is 3.95 Å². The quantitative estimate of drug-likeness (QED) is 0.843. The minimum atomic E-state index is -0.0842. The number of amides is 1. The Hall–Kier alpha value is -1.46. The zero-order valence-corrected chi connectivity index (χ0v) is 11.2. The number of rotatable bonds is 2. The molecule has 17 heavy (non-hydrogen) atoms. The summed E-state index contributed by atoms with van der Waals surface area (Å²) >= 11 is 6.65. The molecule has 1 aromatic carbocycles. The molecular weight excluding hydrogens is 252 g/mol. The number of carbonyl (C=O) groups is 1. The van der Waals surface area contributed by atoms with Gasteiger partial charge in [-0.2, -0.15) is 0 Å². The Morgan fingerprint density at radius 1 is 1.35 bits per heavy atom. The van der Waals surface area contributed by atoms with Crippen molar-refractivity contribution in [3.05, 3.63) is 34.3 Å². The highest BCUT2D eigenvalue weighted by Gasteiger charge is 2.13. The van der Waals surface area contributed by atoms with Gasteiger partial charge in [0, 0.05) is 19.5 Å². The topological polar surface area (TPSA) is 34.0 Å². The van der Waals surface area contributed by atoms with Crippen molar-refractivity contribution in [1.82, 2.24) is 4.57 Å². The molecule has 1 amide bonds. The van der Waals surface area contributed by atoms with Crippen LogP contribution in [-0.4, -0.2) is 10.5 Å². The fraction of sp³-hybridized carbons (Fsp3) is 0.167. The standard InChI is InChI=1S/C12H12N2OS2/c1-8(15)13-11-10(14(2)12(16)17-11)9-6-4-3-5-7-9/h3-7H,1-2H3,(H,13,15). The monoisotopic (exact) mass is 264 g/mol. The fourth-order valence-electron chi connectivity index (χ4n) is 1.61. The van der Waals surface area contributed by atoms with Gasteiger partial charge in [0.2, 0.25) is 5.91 Å². The van der Waals surface area contributed by atoms with Crippen LogP contribution in [0.1, 0.15) is 6.92 Å². The van der Waals surface area contributed by atoms with Gasteiger partial charge >= 0.3 is 0 Å². The number of thiazole rings is 1. The van der Waals surface area contributed by atoms with E-state index < -0.39 is 0 Å². The Bertz CT molecular complexity index is 599. The van der Waals surface area contributed by atoms with E-state index in [0.29, 0.717) is 0 Å². The molecule has 0 saturated carbocycles. The number of benzene rings is 1. The number of nitrogens with zero attached hydrogens (tertiary/aromatic N) is 1. The SMILES string of the molecule is CC(=O)Nc1sc(=S)n(C)c1-c1ccccc1. The molecule has 1 aromatic heterocycles. The second-order valence-electron chi connectivity index (χ2n) is 3.65. The number of aromatic nitrogens is 1. The Morgan fingerprint density at radius 3 is 2.59 bits per heavy atom. The van der Waals surface area contributed by atoms with Crippen molar-refractivity contribution in [2.24, 2.45) is 7.05 Å². The van der Waals surface area contributed by atoms with Crippen molar-refractivity contribution in [2.75, 3.05) is 5.32 Å². The first kappa shape index (κ1) is 12.0. The third kappa shape index (κ3) is 2.45. The molecule has 0 aliphatic carbocycles. The smallest absolute Gasteiger partial charge is 0.221 e. The molecule has 0 radical (unpaired) electrons. The summed E-state index contributed by atoms with van der Waals surface area (Å²) in [5.41, 5.74) is 2.00. The number of hydrogen-bond donors (Lipinski definition) is 1. The second kappa shape index (κ2) is 4.81. The van der Waals surface area contributed by atoms with E-state index in [1.165, 1.54) is 18.3 Å². The van der Waals surface area contributed by atoms with Crippen molar-refractivity contribution < 1.29 is 4.79 Å². The molecule has 0 spiro atoms. The zero-order chi connectivity index (χ0) is 12.4. The molecule has 88 valence electrons. The molecule has 0 fully saturated rings. The van der Waals surface area contributed by atoms with E-state index in [1.54, 1.807) is 0 Å². The molecule has 0 aliphatic rings. The number of anilines is 1. The van der Waals surface area contributed by atoms with Crippen LogP contribution in [0.4, 0.5) is 5.00 Å². The van der Waals surface area contributed by atoms with Crippen LogP contribution in [0.3, 0.4) is 0 Å². The van der Waals surface area contributed by atoms with Gasteiger partial charge in [0.25, 0.3) is 0 Å². The molecule has 2 rings (SSSR count). The van der Waals surface area contributed by atoms with Crippen molar-refractivity contribution >= 4 is 34.5 Å². The first-order chi connectivity index (χ1) is 8.09. The lowest BCUT2D eigenvalue weighted by atomic mass is 10.1. The van der Waals surface area contributed by atoms with Crippen LogP contribution in [0.25, 0.3) is 11.3 Å². The highest BCUT2D eigenvalue weighted by molar-refractivity contribution is 7.73. The lowest BCUT2D eigenvalue weighted by Gasteiger charge is -2.06. The number of carbonyl (C=O) groups excluding carboxylic acids is 1. The summed E-state index contributed by atoms with van der Waals surface area (Å²) in [5.74, 6) is -0.0842. The number of hydrogen-bond acceptors (Lipinski definition) is 3. The molecular formula is C12H12N2OS2. The summed E-state index contributed by atoms with van der Waals surface area (Å²) in [6.45, 7) is 1.50. The van der Waals surface area contributed by atoms with Crippen LogP contribution in [0.2, 0.25) is 0 Å². The summed E-state index contributed by atoms with van der Waals surface area (Å²) in [5, 5.41) is 3.63. The van der Waals surface area contributed by atoms with Gasteiger partial charge in [0.05, 0.1) is 5.69 Å². The van der Waals surface area contributed by atoms with Gasteiger partial charge in [-0.05, 0) is 12.2 Å². The molecule has 0 unspecified atom stereocenters. The van der Waals surface area contributed by atoms with Crippen molar-refractivity contribution in [2.45, 2.75) is 6.92 Å². The Labute approximate surface area is 109 Å². The average Bonchev–Trinajstić information content (AvgIpc) is 2.55.